The molecule has 3 aromatic rings. The van der Waals surface area contributed by atoms with Gasteiger partial charge in [-0.2, -0.15) is 0 Å². The molecule has 4 rings (SSSR count). The molecule has 0 unspecified atom stereocenters. The maximum absolute atomic E-state index is 14.0. The molecule has 8 heteroatoms. The Bertz CT molecular complexity index is 1050. The van der Waals surface area contributed by atoms with Crippen molar-refractivity contribution in [3.05, 3.63) is 77.1 Å². The van der Waals surface area contributed by atoms with Crippen molar-refractivity contribution in [1.82, 2.24) is 9.88 Å². The largest absolute Gasteiger partial charge is 0.366 e. The van der Waals surface area contributed by atoms with E-state index in [0.717, 1.165) is 5.56 Å². The van der Waals surface area contributed by atoms with Crippen molar-refractivity contribution in [1.29, 1.82) is 0 Å². The van der Waals surface area contributed by atoms with Crippen LogP contribution >= 0.6 is 11.3 Å². The van der Waals surface area contributed by atoms with Crippen LogP contribution < -0.4 is 10.2 Å². The average Bonchev–Trinajstić information content (AvgIpc) is 3.21. The Morgan fingerprint density at radius 1 is 0.968 bits per heavy atom. The number of carbonyl (C=O) groups excluding carboxylic acids is 2. The number of rotatable bonds is 6. The molecule has 0 bridgehead atoms. The van der Waals surface area contributed by atoms with E-state index in [4.69, 9.17) is 0 Å². The van der Waals surface area contributed by atoms with Crippen molar-refractivity contribution < 1.29 is 14.0 Å². The second-order valence-corrected chi connectivity index (χ2v) is 8.21. The standard InChI is InChI=1S/C23H23FN4O2S/c24-19-8-4-5-9-20(19)27-10-12-28(13-11-27)22(30)15-18-16-31-23(25-18)26-21(29)14-17-6-2-1-3-7-17/h1-9,16H,10-15H2,(H,25,26,29). The van der Waals surface area contributed by atoms with Gasteiger partial charge in [0.15, 0.2) is 5.13 Å². The van der Waals surface area contributed by atoms with Gasteiger partial charge in [0, 0.05) is 31.6 Å². The Morgan fingerprint density at radius 3 is 2.42 bits per heavy atom. The van der Waals surface area contributed by atoms with Gasteiger partial charge < -0.3 is 15.1 Å². The topological polar surface area (TPSA) is 65.5 Å². The molecule has 2 aromatic carbocycles. The Kier molecular flexibility index (Phi) is 6.57. The molecule has 0 radical (unpaired) electrons. The lowest BCUT2D eigenvalue weighted by Crippen LogP contribution is -2.49. The molecule has 1 fully saturated rings. The van der Waals surface area contributed by atoms with E-state index in [1.165, 1.54) is 17.4 Å². The Hall–Kier alpha value is -3.26. The number of hydrogen-bond acceptors (Lipinski definition) is 5. The van der Waals surface area contributed by atoms with Gasteiger partial charge >= 0.3 is 0 Å². The first-order chi connectivity index (χ1) is 15.1. The molecular formula is C23H23FN4O2S. The van der Waals surface area contributed by atoms with E-state index >= 15 is 0 Å². The summed E-state index contributed by atoms with van der Waals surface area (Å²) in [5.41, 5.74) is 2.15. The van der Waals surface area contributed by atoms with Crippen LogP contribution in [0.2, 0.25) is 0 Å². The maximum Gasteiger partial charge on any atom is 0.230 e. The van der Waals surface area contributed by atoms with Crippen LogP contribution in [-0.2, 0) is 22.4 Å². The number of benzene rings is 2. The third-order valence-electron chi connectivity index (χ3n) is 5.16. The van der Waals surface area contributed by atoms with E-state index in [1.807, 2.05) is 41.3 Å². The van der Waals surface area contributed by atoms with Crippen molar-refractivity contribution >= 4 is 34.0 Å². The maximum atomic E-state index is 14.0. The summed E-state index contributed by atoms with van der Waals surface area (Å²) in [6.45, 7) is 2.25. The fraction of sp³-hybridized carbons (Fsp3) is 0.261. The van der Waals surface area contributed by atoms with E-state index in [1.54, 1.807) is 22.4 Å². The molecule has 0 saturated carbocycles. The van der Waals surface area contributed by atoms with Gasteiger partial charge in [0.05, 0.1) is 24.2 Å². The molecule has 31 heavy (non-hydrogen) atoms. The third-order valence-corrected chi connectivity index (χ3v) is 5.97. The molecule has 2 heterocycles. The Morgan fingerprint density at radius 2 is 1.68 bits per heavy atom. The molecule has 1 aliphatic heterocycles. The predicted octanol–water partition coefficient (Wildman–Crippen LogP) is 3.35. The highest BCUT2D eigenvalue weighted by Crippen LogP contribution is 2.21. The van der Waals surface area contributed by atoms with Crippen LogP contribution in [0.1, 0.15) is 11.3 Å². The number of amides is 2. The molecular weight excluding hydrogens is 415 g/mol. The summed E-state index contributed by atoms with van der Waals surface area (Å²) in [7, 11) is 0. The molecule has 2 amide bonds. The summed E-state index contributed by atoms with van der Waals surface area (Å²) in [6.07, 6.45) is 0.464. The van der Waals surface area contributed by atoms with Gasteiger partial charge in [0.2, 0.25) is 11.8 Å². The van der Waals surface area contributed by atoms with Crippen LogP contribution in [0.15, 0.2) is 60.0 Å². The summed E-state index contributed by atoms with van der Waals surface area (Å²) in [5, 5.41) is 5.09. The highest BCUT2D eigenvalue weighted by atomic mass is 32.1. The number of hydrogen-bond donors (Lipinski definition) is 1. The molecule has 160 valence electrons. The van der Waals surface area contributed by atoms with Crippen molar-refractivity contribution in [3.8, 4) is 0 Å². The number of piperazine rings is 1. The molecule has 0 spiro atoms. The Labute approximate surface area is 184 Å². The minimum atomic E-state index is -0.244. The van der Waals surface area contributed by atoms with E-state index in [9.17, 15) is 14.0 Å². The van der Waals surface area contributed by atoms with Crippen LogP contribution in [0.4, 0.5) is 15.2 Å². The number of nitrogens with zero attached hydrogens (tertiary/aromatic N) is 3. The van der Waals surface area contributed by atoms with E-state index in [2.05, 4.69) is 10.3 Å². The number of thiazole rings is 1. The second-order valence-electron chi connectivity index (χ2n) is 7.35. The van der Waals surface area contributed by atoms with Crippen LogP contribution in [0, 0.1) is 5.82 Å². The predicted molar refractivity (Wildman–Crippen MR) is 120 cm³/mol. The Balaban J connectivity index is 1.26. The number of para-hydroxylation sites is 1. The highest BCUT2D eigenvalue weighted by molar-refractivity contribution is 7.13. The van der Waals surface area contributed by atoms with Gasteiger partial charge in [-0.1, -0.05) is 42.5 Å². The molecule has 1 aliphatic rings. The van der Waals surface area contributed by atoms with E-state index < -0.39 is 0 Å². The van der Waals surface area contributed by atoms with Crippen molar-refractivity contribution in [3.63, 3.8) is 0 Å². The van der Waals surface area contributed by atoms with Gasteiger partial charge in [-0.25, -0.2) is 9.37 Å². The average molecular weight is 439 g/mol. The van der Waals surface area contributed by atoms with Crippen molar-refractivity contribution in [2.45, 2.75) is 12.8 Å². The molecule has 1 saturated heterocycles. The number of aromatic nitrogens is 1. The van der Waals surface area contributed by atoms with Gasteiger partial charge in [0.25, 0.3) is 0 Å². The van der Waals surface area contributed by atoms with E-state index in [-0.39, 0.29) is 30.5 Å². The first-order valence-electron chi connectivity index (χ1n) is 10.1. The molecule has 1 N–H and O–H groups in total. The summed E-state index contributed by atoms with van der Waals surface area (Å²) in [6, 6.07) is 16.2. The third kappa shape index (κ3) is 5.46. The van der Waals surface area contributed by atoms with Gasteiger partial charge in [-0.15, -0.1) is 11.3 Å². The number of halogens is 1. The lowest BCUT2D eigenvalue weighted by Gasteiger charge is -2.36. The molecule has 0 aliphatic carbocycles. The smallest absolute Gasteiger partial charge is 0.230 e. The van der Waals surface area contributed by atoms with Crippen LogP contribution in [0.3, 0.4) is 0 Å². The first kappa shape index (κ1) is 21.0. The van der Waals surface area contributed by atoms with Crippen LogP contribution in [-0.4, -0.2) is 47.9 Å². The highest BCUT2D eigenvalue weighted by Gasteiger charge is 2.23. The summed E-state index contributed by atoms with van der Waals surface area (Å²) in [4.78, 5) is 33.0. The molecule has 6 nitrogen and oxygen atoms in total. The fourth-order valence-corrected chi connectivity index (χ4v) is 4.29. The first-order valence-corrected chi connectivity index (χ1v) is 11.0. The number of nitrogens with one attached hydrogen (secondary N) is 1. The number of anilines is 2. The summed E-state index contributed by atoms with van der Waals surface area (Å²) >= 11 is 1.31. The van der Waals surface area contributed by atoms with Crippen molar-refractivity contribution in [2.75, 3.05) is 36.4 Å². The minimum Gasteiger partial charge on any atom is -0.366 e. The second kappa shape index (κ2) is 9.70. The van der Waals surface area contributed by atoms with Gasteiger partial charge in [-0.05, 0) is 17.7 Å². The normalized spacial score (nSPS) is 13.8. The molecule has 0 atom stereocenters. The molecule has 1 aromatic heterocycles. The zero-order valence-electron chi connectivity index (χ0n) is 17.0. The lowest BCUT2D eigenvalue weighted by atomic mass is 10.1. The van der Waals surface area contributed by atoms with E-state index in [0.29, 0.717) is 42.7 Å². The fourth-order valence-electron chi connectivity index (χ4n) is 3.56. The SMILES string of the molecule is O=C(Cc1ccccc1)Nc1nc(CC(=O)N2CCN(c3ccccc3F)CC2)cs1. The van der Waals surface area contributed by atoms with Crippen LogP contribution in [0.5, 0.6) is 0 Å². The summed E-state index contributed by atoms with van der Waals surface area (Å²) < 4.78 is 14.0. The van der Waals surface area contributed by atoms with Crippen LogP contribution in [0.25, 0.3) is 0 Å². The minimum absolute atomic E-state index is 0.0133. The lowest BCUT2D eigenvalue weighted by molar-refractivity contribution is -0.130. The van der Waals surface area contributed by atoms with Crippen molar-refractivity contribution in [2.24, 2.45) is 0 Å². The quantitative estimate of drug-likeness (QED) is 0.641. The van der Waals surface area contributed by atoms with Gasteiger partial charge in [-0.3, -0.25) is 9.59 Å². The number of carbonyl (C=O) groups is 2. The monoisotopic (exact) mass is 438 g/mol. The zero-order chi connectivity index (χ0) is 21.6. The summed E-state index contributed by atoms with van der Waals surface area (Å²) in [5.74, 6) is -0.394. The zero-order valence-corrected chi connectivity index (χ0v) is 17.8. The van der Waals surface area contributed by atoms with Gasteiger partial charge in [0.1, 0.15) is 5.82 Å².